The van der Waals surface area contributed by atoms with Gasteiger partial charge in [-0.15, -0.1) is 0 Å². The van der Waals surface area contributed by atoms with Crippen molar-refractivity contribution in [1.29, 1.82) is 0 Å². The van der Waals surface area contributed by atoms with Crippen molar-refractivity contribution in [2.24, 2.45) is 0 Å². The maximum atomic E-state index is 13.0. The van der Waals surface area contributed by atoms with Gasteiger partial charge < -0.3 is 10.4 Å². The van der Waals surface area contributed by atoms with Crippen LogP contribution in [0.2, 0.25) is 0 Å². The number of amides is 1. The molecule has 2 N–H and O–H groups in total. The maximum absolute atomic E-state index is 13.0. The van der Waals surface area contributed by atoms with Gasteiger partial charge >= 0.3 is 5.97 Å². The fourth-order valence-corrected chi connectivity index (χ4v) is 1.25. The van der Waals surface area contributed by atoms with E-state index in [1.807, 2.05) is 0 Å². The van der Waals surface area contributed by atoms with Crippen LogP contribution in [0, 0.1) is 12.7 Å². The smallest absolute Gasteiger partial charge is 0.305 e. The molecule has 0 unspecified atom stereocenters. The lowest BCUT2D eigenvalue weighted by atomic mass is 10.1. The molecule has 0 aliphatic carbocycles. The Morgan fingerprint density at radius 1 is 1.38 bits per heavy atom. The number of halogens is 1. The van der Waals surface area contributed by atoms with Crippen LogP contribution in [0.25, 0.3) is 0 Å². The van der Waals surface area contributed by atoms with E-state index in [0.717, 1.165) is 6.07 Å². The molecule has 0 spiro atoms. The second-order valence-electron chi connectivity index (χ2n) is 3.42. The number of aliphatic carboxylic acids is 1. The standard InChI is InChI=1S/C11H12FNO3/c1-7-4-8(6-9(12)5-7)11(16)13-3-2-10(14)15/h4-6H,2-3H2,1H3,(H,13,16)(H,14,15). The van der Waals surface area contributed by atoms with E-state index in [2.05, 4.69) is 5.32 Å². The number of hydrogen-bond donors (Lipinski definition) is 2. The molecule has 16 heavy (non-hydrogen) atoms. The summed E-state index contributed by atoms with van der Waals surface area (Å²) in [7, 11) is 0. The van der Waals surface area contributed by atoms with E-state index in [-0.39, 0.29) is 18.5 Å². The quantitative estimate of drug-likeness (QED) is 0.812. The molecule has 1 aromatic rings. The highest BCUT2D eigenvalue weighted by Crippen LogP contribution is 2.08. The Hall–Kier alpha value is -1.91. The molecule has 0 aliphatic heterocycles. The number of hydrogen-bond acceptors (Lipinski definition) is 2. The molecule has 0 saturated heterocycles. The van der Waals surface area contributed by atoms with E-state index >= 15 is 0 Å². The van der Waals surface area contributed by atoms with Crippen LogP contribution >= 0.6 is 0 Å². The predicted octanol–water partition coefficient (Wildman–Crippen LogP) is 1.34. The molecule has 0 aromatic heterocycles. The van der Waals surface area contributed by atoms with Gasteiger partial charge in [-0.1, -0.05) is 0 Å². The summed E-state index contributed by atoms with van der Waals surface area (Å²) >= 11 is 0. The minimum atomic E-state index is -0.990. The summed E-state index contributed by atoms with van der Waals surface area (Å²) in [5.41, 5.74) is 0.839. The van der Waals surface area contributed by atoms with Crippen LogP contribution in [0.15, 0.2) is 18.2 Å². The van der Waals surface area contributed by atoms with Gasteiger partial charge in [0, 0.05) is 12.1 Å². The molecule has 0 atom stereocenters. The average molecular weight is 225 g/mol. The second-order valence-corrected chi connectivity index (χ2v) is 3.42. The molecule has 1 amide bonds. The lowest BCUT2D eigenvalue weighted by molar-refractivity contribution is -0.136. The van der Waals surface area contributed by atoms with E-state index in [0.29, 0.717) is 5.56 Å². The van der Waals surface area contributed by atoms with Crippen molar-refractivity contribution >= 4 is 11.9 Å². The van der Waals surface area contributed by atoms with Crippen LogP contribution < -0.4 is 5.32 Å². The Morgan fingerprint density at radius 2 is 2.06 bits per heavy atom. The normalized spacial score (nSPS) is 9.88. The lowest BCUT2D eigenvalue weighted by Crippen LogP contribution is -2.26. The van der Waals surface area contributed by atoms with Crippen molar-refractivity contribution in [2.75, 3.05) is 6.54 Å². The molecule has 1 rings (SSSR count). The number of carboxylic acid groups (broad SMARTS) is 1. The van der Waals surface area contributed by atoms with Gasteiger partial charge in [0.05, 0.1) is 6.42 Å². The van der Waals surface area contributed by atoms with Crippen LogP contribution in [-0.2, 0) is 4.79 Å². The largest absolute Gasteiger partial charge is 0.481 e. The third-order valence-corrected chi connectivity index (χ3v) is 1.93. The number of aryl methyl sites for hydroxylation is 1. The minimum Gasteiger partial charge on any atom is -0.481 e. The third kappa shape index (κ3) is 3.68. The van der Waals surface area contributed by atoms with Crippen molar-refractivity contribution in [1.82, 2.24) is 5.32 Å². The topological polar surface area (TPSA) is 66.4 Å². The maximum Gasteiger partial charge on any atom is 0.305 e. The van der Waals surface area contributed by atoms with Gasteiger partial charge in [-0.05, 0) is 30.7 Å². The first-order valence-electron chi connectivity index (χ1n) is 4.76. The molecule has 0 aliphatic rings. The van der Waals surface area contributed by atoms with E-state index in [4.69, 9.17) is 5.11 Å². The molecule has 0 radical (unpaired) electrons. The minimum absolute atomic E-state index is 0.0315. The van der Waals surface area contributed by atoms with E-state index in [1.165, 1.54) is 6.07 Å². The van der Waals surface area contributed by atoms with E-state index in [1.54, 1.807) is 13.0 Å². The Morgan fingerprint density at radius 3 is 2.62 bits per heavy atom. The van der Waals surface area contributed by atoms with Crippen LogP contribution in [-0.4, -0.2) is 23.5 Å². The summed E-state index contributed by atoms with van der Waals surface area (Å²) < 4.78 is 13.0. The monoisotopic (exact) mass is 225 g/mol. The number of carbonyl (C=O) groups excluding carboxylic acids is 1. The number of rotatable bonds is 4. The third-order valence-electron chi connectivity index (χ3n) is 1.93. The second kappa shape index (κ2) is 5.25. The fraction of sp³-hybridized carbons (Fsp3) is 0.273. The highest BCUT2D eigenvalue weighted by Gasteiger charge is 2.07. The van der Waals surface area contributed by atoms with Gasteiger partial charge in [0.2, 0.25) is 0 Å². The summed E-state index contributed by atoms with van der Waals surface area (Å²) in [6, 6.07) is 3.97. The van der Waals surface area contributed by atoms with Gasteiger partial charge in [0.25, 0.3) is 5.91 Å². The molecular weight excluding hydrogens is 213 g/mol. The van der Waals surface area contributed by atoms with Crippen LogP contribution in [0.3, 0.4) is 0 Å². The zero-order valence-electron chi connectivity index (χ0n) is 8.79. The molecule has 86 valence electrons. The van der Waals surface area contributed by atoms with Crippen LogP contribution in [0.5, 0.6) is 0 Å². The van der Waals surface area contributed by atoms with Crippen LogP contribution in [0.1, 0.15) is 22.3 Å². The van der Waals surface area contributed by atoms with Crippen molar-refractivity contribution in [3.05, 3.63) is 35.1 Å². The predicted molar refractivity (Wildman–Crippen MR) is 55.7 cm³/mol. The number of carboxylic acids is 1. The molecule has 4 nitrogen and oxygen atoms in total. The Labute approximate surface area is 92.1 Å². The Balaban J connectivity index is 2.62. The van der Waals surface area contributed by atoms with Gasteiger partial charge in [-0.2, -0.15) is 0 Å². The first-order chi connectivity index (χ1) is 7.49. The van der Waals surface area contributed by atoms with Crippen molar-refractivity contribution in [3.8, 4) is 0 Å². The SMILES string of the molecule is Cc1cc(F)cc(C(=O)NCCC(=O)O)c1. The van der Waals surface area contributed by atoms with Gasteiger partial charge in [-0.3, -0.25) is 9.59 Å². The number of carbonyl (C=O) groups is 2. The summed E-state index contributed by atoms with van der Waals surface area (Å²) in [4.78, 5) is 21.7. The van der Waals surface area contributed by atoms with Crippen molar-refractivity contribution in [2.45, 2.75) is 13.3 Å². The molecule has 0 heterocycles. The molecule has 0 bridgehead atoms. The van der Waals surface area contributed by atoms with Crippen molar-refractivity contribution in [3.63, 3.8) is 0 Å². The highest BCUT2D eigenvalue weighted by atomic mass is 19.1. The Kier molecular flexibility index (Phi) is 3.99. The summed E-state index contributed by atoms with van der Waals surface area (Å²) in [6.45, 7) is 1.71. The summed E-state index contributed by atoms with van der Waals surface area (Å²) in [5.74, 6) is -1.94. The molecule has 1 aromatic carbocycles. The summed E-state index contributed by atoms with van der Waals surface area (Å²) in [5, 5.41) is 10.8. The van der Waals surface area contributed by atoms with E-state index in [9.17, 15) is 14.0 Å². The number of nitrogens with one attached hydrogen (secondary N) is 1. The van der Waals surface area contributed by atoms with E-state index < -0.39 is 17.7 Å². The Bertz CT molecular complexity index is 397. The van der Waals surface area contributed by atoms with Gasteiger partial charge in [0.15, 0.2) is 0 Å². The molecule has 5 heteroatoms. The highest BCUT2D eigenvalue weighted by molar-refractivity contribution is 5.94. The average Bonchev–Trinajstić information content (AvgIpc) is 2.15. The molecule has 0 fully saturated rings. The zero-order valence-corrected chi connectivity index (χ0v) is 8.79. The van der Waals surface area contributed by atoms with Gasteiger partial charge in [-0.25, -0.2) is 4.39 Å². The first-order valence-corrected chi connectivity index (χ1v) is 4.76. The summed E-state index contributed by atoms with van der Waals surface area (Å²) in [6.07, 6.45) is -0.153. The van der Waals surface area contributed by atoms with Gasteiger partial charge in [0.1, 0.15) is 5.82 Å². The molecular formula is C11H12FNO3. The zero-order chi connectivity index (χ0) is 12.1. The molecule has 0 saturated carbocycles. The number of benzene rings is 1. The lowest BCUT2D eigenvalue weighted by Gasteiger charge is -2.04. The first kappa shape index (κ1) is 12.2. The fourth-order valence-electron chi connectivity index (χ4n) is 1.25. The van der Waals surface area contributed by atoms with Crippen LogP contribution in [0.4, 0.5) is 4.39 Å². The van der Waals surface area contributed by atoms with Crippen molar-refractivity contribution < 1.29 is 19.1 Å².